The average Bonchev–Trinajstić information content (AvgIpc) is 2.92. The van der Waals surface area contributed by atoms with Crippen molar-refractivity contribution in [1.82, 2.24) is 5.32 Å². The lowest BCUT2D eigenvalue weighted by atomic mass is 10.0. The van der Waals surface area contributed by atoms with E-state index >= 15 is 0 Å². The quantitative estimate of drug-likeness (QED) is 0.755. The molecule has 1 N–H and O–H groups in total. The number of hydrogen-bond donors (Lipinski definition) is 1. The first-order valence-corrected chi connectivity index (χ1v) is 9.91. The van der Waals surface area contributed by atoms with Gasteiger partial charge < -0.3 is 15.0 Å². The number of nitrogens with one attached hydrogen (secondary N) is 1. The van der Waals surface area contributed by atoms with Gasteiger partial charge in [0.25, 0.3) is 5.91 Å². The number of benzene rings is 2. The molecule has 0 radical (unpaired) electrons. The van der Waals surface area contributed by atoms with Crippen molar-refractivity contribution in [3.63, 3.8) is 0 Å². The molecule has 28 heavy (non-hydrogen) atoms. The minimum atomic E-state index is -0.618. The highest BCUT2D eigenvalue weighted by Gasteiger charge is 2.37. The Morgan fingerprint density at radius 2 is 2.00 bits per heavy atom. The van der Waals surface area contributed by atoms with Gasteiger partial charge in [-0.1, -0.05) is 43.7 Å². The maximum absolute atomic E-state index is 13.0. The number of para-hydroxylation sites is 1. The largest absolute Gasteiger partial charge is 0.491 e. The minimum Gasteiger partial charge on any atom is -0.491 e. The molecular weight excluding hydrogens is 352 g/mol. The summed E-state index contributed by atoms with van der Waals surface area (Å²) < 4.78 is 5.87. The van der Waals surface area contributed by atoms with E-state index in [9.17, 15) is 9.59 Å². The number of hydrogen-bond acceptors (Lipinski definition) is 3. The summed E-state index contributed by atoms with van der Waals surface area (Å²) in [6, 6.07) is 13.3. The lowest BCUT2D eigenvalue weighted by Crippen LogP contribution is -2.38. The van der Waals surface area contributed by atoms with E-state index in [2.05, 4.69) is 24.4 Å². The molecule has 1 heterocycles. The molecule has 0 saturated heterocycles. The first-order chi connectivity index (χ1) is 13.5. The van der Waals surface area contributed by atoms with E-state index in [-0.39, 0.29) is 11.8 Å². The highest BCUT2D eigenvalue weighted by Crippen LogP contribution is 2.36. The fourth-order valence-corrected chi connectivity index (χ4v) is 3.56. The number of unbranched alkanes of at least 4 members (excludes halogenated alkanes) is 1. The molecule has 5 heteroatoms. The Bertz CT molecular complexity index is 863. The van der Waals surface area contributed by atoms with Gasteiger partial charge in [0.1, 0.15) is 18.4 Å². The number of fused-ring (bicyclic) bond motifs is 1. The Labute approximate surface area is 166 Å². The van der Waals surface area contributed by atoms with E-state index in [4.69, 9.17) is 4.74 Å². The average molecular weight is 380 g/mol. The van der Waals surface area contributed by atoms with E-state index < -0.39 is 6.04 Å². The summed E-state index contributed by atoms with van der Waals surface area (Å²) in [4.78, 5) is 26.4. The van der Waals surface area contributed by atoms with Crippen molar-refractivity contribution in [2.75, 3.05) is 18.1 Å². The van der Waals surface area contributed by atoms with Gasteiger partial charge in [-0.05, 0) is 43.0 Å². The molecule has 0 spiro atoms. The molecule has 148 valence electrons. The van der Waals surface area contributed by atoms with Gasteiger partial charge in [-0.25, -0.2) is 0 Å². The van der Waals surface area contributed by atoms with E-state index in [0.29, 0.717) is 13.2 Å². The molecule has 3 rings (SSSR count). The molecule has 5 nitrogen and oxygen atoms in total. The van der Waals surface area contributed by atoms with Crippen molar-refractivity contribution in [3.05, 3.63) is 59.2 Å². The first-order valence-electron chi connectivity index (χ1n) is 9.91. The van der Waals surface area contributed by atoms with Crippen LogP contribution in [0.5, 0.6) is 5.75 Å². The van der Waals surface area contributed by atoms with Crippen LogP contribution in [0.2, 0.25) is 0 Å². The van der Waals surface area contributed by atoms with Crippen LogP contribution in [-0.4, -0.2) is 25.0 Å². The summed E-state index contributed by atoms with van der Waals surface area (Å²) in [7, 11) is 0. The third-order valence-corrected chi connectivity index (χ3v) is 5.04. The van der Waals surface area contributed by atoms with Gasteiger partial charge in [0.15, 0.2) is 0 Å². The highest BCUT2D eigenvalue weighted by molar-refractivity contribution is 6.06. The van der Waals surface area contributed by atoms with Gasteiger partial charge in [-0.15, -0.1) is 0 Å². The number of aryl methyl sites for hydroxylation is 2. The summed E-state index contributed by atoms with van der Waals surface area (Å²) in [5.41, 5.74) is 4.00. The van der Waals surface area contributed by atoms with Crippen LogP contribution >= 0.6 is 0 Å². The topological polar surface area (TPSA) is 58.6 Å². The lowest BCUT2D eigenvalue weighted by molar-refractivity contribution is -0.126. The standard InChI is InChI=1S/C23H28N2O3/c1-4-5-9-18-11-12-20-19(15-18)22(24-17(3)26)23(27)25(20)13-14-28-21-10-7-6-8-16(21)2/h6-8,10-12,15,22H,4-5,9,13-14H2,1-3H3,(H,24,26)/t22-/m0/s1. The van der Waals surface area contributed by atoms with Crippen molar-refractivity contribution in [1.29, 1.82) is 0 Å². The fraction of sp³-hybridized carbons (Fsp3) is 0.391. The van der Waals surface area contributed by atoms with E-state index in [1.165, 1.54) is 12.5 Å². The Balaban J connectivity index is 1.77. The monoisotopic (exact) mass is 380 g/mol. The van der Waals surface area contributed by atoms with Crippen molar-refractivity contribution < 1.29 is 14.3 Å². The molecular formula is C23H28N2O3. The SMILES string of the molecule is CCCCc1ccc2c(c1)[C@H](NC(C)=O)C(=O)N2CCOc1ccccc1C. The van der Waals surface area contributed by atoms with Gasteiger partial charge in [-0.3, -0.25) is 9.59 Å². The molecule has 1 atom stereocenters. The van der Waals surface area contributed by atoms with Crippen molar-refractivity contribution in [3.8, 4) is 5.75 Å². The molecule has 1 aliphatic heterocycles. The number of anilines is 1. The molecule has 0 saturated carbocycles. The highest BCUT2D eigenvalue weighted by atomic mass is 16.5. The van der Waals surface area contributed by atoms with Crippen LogP contribution in [0.4, 0.5) is 5.69 Å². The Hall–Kier alpha value is -2.82. The second-order valence-electron chi connectivity index (χ2n) is 7.23. The predicted octanol–water partition coefficient (Wildman–Crippen LogP) is 3.94. The second kappa shape index (κ2) is 8.91. The molecule has 0 unspecified atom stereocenters. The van der Waals surface area contributed by atoms with E-state index in [1.807, 2.05) is 37.3 Å². The summed E-state index contributed by atoms with van der Waals surface area (Å²) in [5, 5.41) is 2.81. The van der Waals surface area contributed by atoms with Gasteiger partial charge in [0.05, 0.1) is 6.54 Å². The maximum Gasteiger partial charge on any atom is 0.254 e. The minimum absolute atomic E-state index is 0.105. The van der Waals surface area contributed by atoms with Crippen LogP contribution in [0.15, 0.2) is 42.5 Å². The van der Waals surface area contributed by atoms with Crippen molar-refractivity contribution in [2.24, 2.45) is 0 Å². The number of carbonyl (C=O) groups excluding carboxylic acids is 2. The number of rotatable bonds is 8. The zero-order chi connectivity index (χ0) is 20.1. The molecule has 2 aromatic rings. The van der Waals surface area contributed by atoms with Crippen LogP contribution < -0.4 is 15.0 Å². The molecule has 0 aromatic heterocycles. The van der Waals surface area contributed by atoms with Gasteiger partial charge in [0, 0.05) is 18.2 Å². The van der Waals surface area contributed by atoms with Crippen LogP contribution in [0.25, 0.3) is 0 Å². The van der Waals surface area contributed by atoms with Crippen molar-refractivity contribution in [2.45, 2.75) is 46.1 Å². The van der Waals surface area contributed by atoms with E-state index in [0.717, 1.165) is 41.8 Å². The van der Waals surface area contributed by atoms with Crippen LogP contribution in [-0.2, 0) is 16.0 Å². The van der Waals surface area contributed by atoms with Gasteiger partial charge in [0.2, 0.25) is 5.91 Å². The van der Waals surface area contributed by atoms with E-state index in [1.54, 1.807) is 4.90 Å². The van der Waals surface area contributed by atoms with Crippen LogP contribution in [0.3, 0.4) is 0 Å². The molecule has 0 bridgehead atoms. The Kier molecular flexibility index (Phi) is 6.34. The van der Waals surface area contributed by atoms with Crippen LogP contribution in [0.1, 0.15) is 49.4 Å². The van der Waals surface area contributed by atoms with Crippen LogP contribution in [0, 0.1) is 6.92 Å². The number of ether oxygens (including phenoxy) is 1. The fourth-order valence-electron chi connectivity index (χ4n) is 3.56. The van der Waals surface area contributed by atoms with Crippen molar-refractivity contribution >= 4 is 17.5 Å². The van der Waals surface area contributed by atoms with Gasteiger partial charge in [-0.2, -0.15) is 0 Å². The summed E-state index contributed by atoms with van der Waals surface area (Å²) in [6.45, 7) is 6.42. The Morgan fingerprint density at radius 1 is 1.21 bits per heavy atom. The smallest absolute Gasteiger partial charge is 0.254 e. The molecule has 2 amide bonds. The molecule has 0 aliphatic carbocycles. The summed E-state index contributed by atoms with van der Waals surface area (Å²) in [5.74, 6) is 0.509. The predicted molar refractivity (Wildman–Crippen MR) is 111 cm³/mol. The molecule has 0 fully saturated rings. The molecule has 2 aromatic carbocycles. The first kappa shape index (κ1) is 19.9. The normalized spacial score (nSPS) is 15.5. The lowest BCUT2D eigenvalue weighted by Gasteiger charge is -2.19. The number of amides is 2. The summed E-state index contributed by atoms with van der Waals surface area (Å²) in [6.07, 6.45) is 3.19. The Morgan fingerprint density at radius 3 is 2.71 bits per heavy atom. The third kappa shape index (κ3) is 4.35. The summed E-state index contributed by atoms with van der Waals surface area (Å²) >= 11 is 0. The molecule has 1 aliphatic rings. The zero-order valence-electron chi connectivity index (χ0n) is 16.8. The number of nitrogens with zero attached hydrogens (tertiary/aromatic N) is 1. The maximum atomic E-state index is 13.0. The zero-order valence-corrected chi connectivity index (χ0v) is 16.8. The van der Waals surface area contributed by atoms with Gasteiger partial charge >= 0.3 is 0 Å². The number of carbonyl (C=O) groups is 2. The second-order valence-corrected chi connectivity index (χ2v) is 7.23. The third-order valence-electron chi connectivity index (χ3n) is 5.04.